The number of nitrogens with zero attached hydrogens (tertiary/aromatic N) is 2. The van der Waals surface area contributed by atoms with Crippen LogP contribution in [0, 0.1) is 10.1 Å². The molecule has 1 aromatic carbocycles. The lowest BCUT2D eigenvalue weighted by molar-refractivity contribution is -0.385. The third-order valence-corrected chi connectivity index (χ3v) is 3.74. The van der Waals surface area contributed by atoms with Crippen LogP contribution < -0.4 is 5.32 Å². The van der Waals surface area contributed by atoms with E-state index in [0.717, 1.165) is 19.3 Å². The average Bonchev–Trinajstić information content (AvgIpc) is 2.61. The Balaban J connectivity index is 1.58. The molecule has 0 saturated heterocycles. The minimum atomic E-state index is -0.485. The van der Waals surface area contributed by atoms with Gasteiger partial charge in [-0.05, 0) is 37.5 Å². The van der Waals surface area contributed by atoms with Crippen LogP contribution >= 0.6 is 11.6 Å². The van der Waals surface area contributed by atoms with Gasteiger partial charge in [0.15, 0.2) is 0 Å². The molecule has 25 heavy (non-hydrogen) atoms. The van der Waals surface area contributed by atoms with Crippen molar-refractivity contribution in [1.29, 1.82) is 0 Å². The van der Waals surface area contributed by atoms with Gasteiger partial charge in [0, 0.05) is 12.6 Å². The predicted molar refractivity (Wildman–Crippen MR) is 95.0 cm³/mol. The second-order valence-electron chi connectivity index (χ2n) is 5.26. The molecule has 0 atom stereocenters. The Labute approximate surface area is 150 Å². The zero-order chi connectivity index (χ0) is 18.1. The Hall–Kier alpha value is -2.67. The maximum absolute atomic E-state index is 11.8. The summed E-state index contributed by atoms with van der Waals surface area (Å²) in [6.07, 6.45) is 3.69. The number of unbranched alkanes of at least 4 members (excludes halogenated alkanes) is 2. The predicted octanol–water partition coefficient (Wildman–Crippen LogP) is 4.08. The summed E-state index contributed by atoms with van der Waals surface area (Å²) in [6, 6.07) is 9.75. The number of ether oxygens (including phenoxy) is 1. The van der Waals surface area contributed by atoms with Gasteiger partial charge >= 0.3 is 5.97 Å². The second-order valence-corrected chi connectivity index (χ2v) is 5.67. The third kappa shape index (κ3) is 6.04. The number of anilines is 1. The maximum Gasteiger partial charge on any atom is 0.339 e. The quantitative estimate of drug-likeness (QED) is 0.312. The van der Waals surface area contributed by atoms with Crippen LogP contribution in [0.2, 0.25) is 5.02 Å². The fourth-order valence-electron chi connectivity index (χ4n) is 2.09. The van der Waals surface area contributed by atoms with E-state index in [1.807, 2.05) is 0 Å². The van der Waals surface area contributed by atoms with E-state index in [0.29, 0.717) is 29.6 Å². The standard InChI is InChI=1S/C17H18ClN3O4/c18-15-7-3-2-6-14(15)17(22)25-11-5-1-4-10-19-16-9-8-13(12-20-16)21(23)24/h2-3,6-9,12H,1,4-5,10-11H2,(H,19,20). The smallest absolute Gasteiger partial charge is 0.339 e. The number of pyridine rings is 1. The number of hydrogen-bond donors (Lipinski definition) is 1. The van der Waals surface area contributed by atoms with Crippen molar-refractivity contribution in [3.63, 3.8) is 0 Å². The molecule has 7 nitrogen and oxygen atoms in total. The van der Waals surface area contributed by atoms with Crippen LogP contribution in [0.5, 0.6) is 0 Å². The van der Waals surface area contributed by atoms with Crippen molar-refractivity contribution in [2.75, 3.05) is 18.5 Å². The molecule has 0 aliphatic rings. The normalized spacial score (nSPS) is 10.3. The second kappa shape index (κ2) is 9.58. The van der Waals surface area contributed by atoms with Crippen molar-refractivity contribution in [1.82, 2.24) is 4.98 Å². The van der Waals surface area contributed by atoms with Crippen molar-refractivity contribution >= 4 is 29.1 Å². The summed E-state index contributed by atoms with van der Waals surface area (Å²) in [4.78, 5) is 25.9. The van der Waals surface area contributed by atoms with E-state index in [1.54, 1.807) is 30.3 Å². The van der Waals surface area contributed by atoms with Crippen LogP contribution in [0.3, 0.4) is 0 Å². The number of benzene rings is 1. The van der Waals surface area contributed by atoms with Crippen molar-refractivity contribution < 1.29 is 14.5 Å². The molecule has 132 valence electrons. The van der Waals surface area contributed by atoms with Crippen molar-refractivity contribution in [2.45, 2.75) is 19.3 Å². The van der Waals surface area contributed by atoms with Gasteiger partial charge in [-0.15, -0.1) is 0 Å². The number of carbonyl (C=O) groups excluding carboxylic acids is 1. The molecule has 0 amide bonds. The molecule has 0 bridgehead atoms. The summed E-state index contributed by atoms with van der Waals surface area (Å²) >= 11 is 5.93. The highest BCUT2D eigenvalue weighted by Gasteiger charge is 2.10. The maximum atomic E-state index is 11.8. The first-order valence-electron chi connectivity index (χ1n) is 7.84. The number of nitrogens with one attached hydrogen (secondary N) is 1. The number of halogens is 1. The van der Waals surface area contributed by atoms with Crippen molar-refractivity contribution in [3.8, 4) is 0 Å². The minimum absolute atomic E-state index is 0.0362. The first-order chi connectivity index (χ1) is 12.1. The van der Waals surface area contributed by atoms with Crippen molar-refractivity contribution in [3.05, 3.63) is 63.3 Å². The number of rotatable bonds is 9. The van der Waals surface area contributed by atoms with E-state index in [1.165, 1.54) is 12.3 Å². The molecule has 0 spiro atoms. The molecule has 0 aliphatic heterocycles. The van der Waals surface area contributed by atoms with Gasteiger partial charge in [0.25, 0.3) is 5.69 Å². The molecule has 2 aromatic rings. The van der Waals surface area contributed by atoms with Gasteiger partial charge in [-0.2, -0.15) is 0 Å². The zero-order valence-corrected chi connectivity index (χ0v) is 14.2. The molecule has 0 aliphatic carbocycles. The molecule has 0 saturated carbocycles. The zero-order valence-electron chi connectivity index (χ0n) is 13.5. The van der Waals surface area contributed by atoms with Crippen LogP contribution in [0.1, 0.15) is 29.6 Å². The van der Waals surface area contributed by atoms with Gasteiger partial charge in [0.2, 0.25) is 0 Å². The van der Waals surface area contributed by atoms with E-state index in [9.17, 15) is 14.9 Å². The molecule has 2 rings (SSSR count). The molecule has 1 N–H and O–H groups in total. The number of hydrogen-bond acceptors (Lipinski definition) is 6. The van der Waals surface area contributed by atoms with Gasteiger partial charge in [-0.25, -0.2) is 9.78 Å². The molecular weight excluding hydrogens is 346 g/mol. The molecule has 8 heteroatoms. The Morgan fingerprint density at radius 2 is 2.00 bits per heavy atom. The summed E-state index contributed by atoms with van der Waals surface area (Å²) in [5.74, 6) is 0.176. The number of carbonyl (C=O) groups is 1. The van der Waals surface area contributed by atoms with Crippen LogP contribution in [-0.4, -0.2) is 29.0 Å². The summed E-state index contributed by atoms with van der Waals surface area (Å²) in [5.41, 5.74) is 0.334. The van der Waals surface area contributed by atoms with E-state index >= 15 is 0 Å². The third-order valence-electron chi connectivity index (χ3n) is 3.41. The van der Waals surface area contributed by atoms with Crippen LogP contribution in [0.25, 0.3) is 0 Å². The number of aromatic nitrogens is 1. The van der Waals surface area contributed by atoms with Crippen LogP contribution in [0.15, 0.2) is 42.6 Å². The molecular formula is C17H18ClN3O4. The highest BCUT2D eigenvalue weighted by atomic mass is 35.5. The lowest BCUT2D eigenvalue weighted by atomic mass is 10.2. The van der Waals surface area contributed by atoms with Crippen LogP contribution in [-0.2, 0) is 4.74 Å². The Morgan fingerprint density at radius 1 is 1.20 bits per heavy atom. The van der Waals surface area contributed by atoms with Gasteiger partial charge in [-0.3, -0.25) is 10.1 Å². The van der Waals surface area contributed by atoms with Gasteiger partial charge in [0.1, 0.15) is 12.0 Å². The largest absolute Gasteiger partial charge is 0.462 e. The lowest BCUT2D eigenvalue weighted by Gasteiger charge is -2.07. The monoisotopic (exact) mass is 363 g/mol. The van der Waals surface area contributed by atoms with Gasteiger partial charge in [-0.1, -0.05) is 23.7 Å². The lowest BCUT2D eigenvalue weighted by Crippen LogP contribution is -2.08. The highest BCUT2D eigenvalue weighted by Crippen LogP contribution is 2.16. The summed E-state index contributed by atoms with van der Waals surface area (Å²) in [7, 11) is 0. The molecule has 0 unspecified atom stereocenters. The Kier molecular flexibility index (Phi) is 7.16. The summed E-state index contributed by atoms with van der Waals surface area (Å²) in [6.45, 7) is 1.02. The van der Waals surface area contributed by atoms with E-state index in [4.69, 9.17) is 16.3 Å². The molecule has 0 fully saturated rings. The van der Waals surface area contributed by atoms with E-state index in [-0.39, 0.29) is 5.69 Å². The summed E-state index contributed by atoms with van der Waals surface area (Å²) < 4.78 is 5.19. The fourth-order valence-corrected chi connectivity index (χ4v) is 2.30. The SMILES string of the molecule is O=C(OCCCCCNc1ccc([N+](=O)[O-])cn1)c1ccccc1Cl. The van der Waals surface area contributed by atoms with E-state index < -0.39 is 10.9 Å². The van der Waals surface area contributed by atoms with Gasteiger partial charge < -0.3 is 10.1 Å². The Morgan fingerprint density at radius 3 is 2.68 bits per heavy atom. The first kappa shape index (κ1) is 18.7. The highest BCUT2D eigenvalue weighted by molar-refractivity contribution is 6.33. The minimum Gasteiger partial charge on any atom is -0.462 e. The molecule has 1 heterocycles. The number of nitro groups is 1. The molecule has 0 radical (unpaired) electrons. The van der Waals surface area contributed by atoms with Crippen LogP contribution in [0.4, 0.5) is 11.5 Å². The molecule has 1 aromatic heterocycles. The Bertz CT molecular complexity index is 722. The van der Waals surface area contributed by atoms with E-state index in [2.05, 4.69) is 10.3 Å². The fraction of sp³-hybridized carbons (Fsp3) is 0.294. The first-order valence-corrected chi connectivity index (χ1v) is 8.21. The topological polar surface area (TPSA) is 94.4 Å². The van der Waals surface area contributed by atoms with Crippen molar-refractivity contribution in [2.24, 2.45) is 0 Å². The van der Waals surface area contributed by atoms with Gasteiger partial charge in [0.05, 0.1) is 22.1 Å². The number of esters is 1. The average molecular weight is 364 g/mol. The summed E-state index contributed by atoms with van der Waals surface area (Å²) in [5, 5.41) is 14.0.